The van der Waals surface area contributed by atoms with Crippen molar-refractivity contribution in [1.82, 2.24) is 15.0 Å². The zero-order valence-electron chi connectivity index (χ0n) is 11.6. The lowest BCUT2D eigenvalue weighted by molar-refractivity contribution is 0.330. The van der Waals surface area contributed by atoms with Gasteiger partial charge in [0.15, 0.2) is 11.6 Å². The first-order valence-corrected chi connectivity index (χ1v) is 5.68. The number of aromatic nitrogens is 3. The third kappa shape index (κ3) is 2.47. The molecule has 2 heterocycles. The summed E-state index contributed by atoms with van der Waals surface area (Å²) < 4.78 is 68.9. The van der Waals surface area contributed by atoms with Gasteiger partial charge in [-0.25, -0.2) is 8.78 Å². The maximum absolute atomic E-state index is 13.9. The van der Waals surface area contributed by atoms with Crippen molar-refractivity contribution in [2.24, 2.45) is 0 Å². The zero-order valence-corrected chi connectivity index (χ0v) is 11.6. The molecule has 0 saturated heterocycles. The second kappa shape index (κ2) is 6.00. The highest BCUT2D eigenvalue weighted by Gasteiger charge is 2.29. The summed E-state index contributed by atoms with van der Waals surface area (Å²) in [5.41, 5.74) is -1.61. The number of hydrogen-bond acceptors (Lipinski definition) is 6. The van der Waals surface area contributed by atoms with Crippen molar-refractivity contribution in [2.75, 3.05) is 21.3 Å². The first-order chi connectivity index (χ1) is 10.4. The number of halogens is 4. The third-order valence-electron chi connectivity index (χ3n) is 2.64. The Morgan fingerprint density at radius 1 is 0.636 bits per heavy atom. The van der Waals surface area contributed by atoms with Gasteiger partial charge in [-0.15, -0.1) is 0 Å². The highest BCUT2D eigenvalue weighted by molar-refractivity contribution is 5.74. The van der Waals surface area contributed by atoms with Gasteiger partial charge >= 0.3 is 6.01 Å². The van der Waals surface area contributed by atoms with E-state index < -0.39 is 46.4 Å². The molecule has 0 aliphatic heterocycles. The number of methoxy groups -OCH3 is 3. The van der Waals surface area contributed by atoms with Gasteiger partial charge in [0.25, 0.3) is 11.9 Å². The van der Waals surface area contributed by atoms with Crippen LogP contribution in [0.3, 0.4) is 0 Å². The first-order valence-electron chi connectivity index (χ1n) is 5.68. The Balaban J connectivity index is 2.88. The highest BCUT2D eigenvalue weighted by atomic mass is 19.2. The summed E-state index contributed by atoms with van der Waals surface area (Å²) in [4.78, 5) is 9.88. The van der Waals surface area contributed by atoms with E-state index in [1.54, 1.807) is 0 Å². The molecule has 10 heteroatoms. The van der Waals surface area contributed by atoms with Gasteiger partial charge in [-0.3, -0.25) is 0 Å². The van der Waals surface area contributed by atoms with Crippen LogP contribution in [0.5, 0.6) is 17.8 Å². The van der Waals surface area contributed by atoms with Gasteiger partial charge in [-0.2, -0.15) is 23.7 Å². The number of nitrogens with zero attached hydrogens (tertiary/aromatic N) is 3. The molecule has 6 nitrogen and oxygen atoms in total. The van der Waals surface area contributed by atoms with Crippen molar-refractivity contribution in [3.63, 3.8) is 0 Å². The molecule has 0 fully saturated rings. The minimum absolute atomic E-state index is 0.228. The van der Waals surface area contributed by atoms with Gasteiger partial charge in [0.2, 0.25) is 11.8 Å². The minimum atomic E-state index is -1.83. The van der Waals surface area contributed by atoms with Crippen molar-refractivity contribution in [2.45, 2.75) is 0 Å². The van der Waals surface area contributed by atoms with Gasteiger partial charge in [-0.1, -0.05) is 0 Å². The fourth-order valence-electron chi connectivity index (χ4n) is 1.71. The second-order valence-corrected chi connectivity index (χ2v) is 3.80. The Labute approximate surface area is 121 Å². The monoisotopic (exact) mass is 319 g/mol. The SMILES string of the molecule is COc1nc(OC)c(-c2c(F)c(F)nc(F)c2F)c(OC)n1. The molecular formula is C12H9F4N3O3. The summed E-state index contributed by atoms with van der Waals surface area (Å²) in [6.45, 7) is 0. The largest absolute Gasteiger partial charge is 0.480 e. The quantitative estimate of drug-likeness (QED) is 0.635. The Morgan fingerprint density at radius 2 is 1.09 bits per heavy atom. The van der Waals surface area contributed by atoms with E-state index >= 15 is 0 Å². The van der Waals surface area contributed by atoms with E-state index in [2.05, 4.69) is 15.0 Å². The number of rotatable bonds is 4. The normalized spacial score (nSPS) is 10.5. The molecule has 0 bridgehead atoms. The fraction of sp³-hybridized carbons (Fsp3) is 0.250. The molecule has 0 aliphatic rings. The van der Waals surface area contributed by atoms with Gasteiger partial charge < -0.3 is 14.2 Å². The smallest absolute Gasteiger partial charge is 0.322 e. The van der Waals surface area contributed by atoms with Crippen LogP contribution in [-0.2, 0) is 0 Å². The molecule has 2 aromatic rings. The van der Waals surface area contributed by atoms with E-state index in [-0.39, 0.29) is 6.01 Å². The fourth-order valence-corrected chi connectivity index (χ4v) is 1.71. The van der Waals surface area contributed by atoms with Crippen LogP contribution < -0.4 is 14.2 Å². The molecule has 118 valence electrons. The van der Waals surface area contributed by atoms with E-state index in [4.69, 9.17) is 14.2 Å². The van der Waals surface area contributed by atoms with Crippen LogP contribution in [0, 0.1) is 23.5 Å². The van der Waals surface area contributed by atoms with Crippen LogP contribution in [0.25, 0.3) is 11.1 Å². The average molecular weight is 319 g/mol. The van der Waals surface area contributed by atoms with Gasteiger partial charge in [0, 0.05) is 0 Å². The van der Waals surface area contributed by atoms with Crippen LogP contribution in [0.2, 0.25) is 0 Å². The minimum Gasteiger partial charge on any atom is -0.480 e. The van der Waals surface area contributed by atoms with Crippen molar-refractivity contribution in [3.05, 3.63) is 23.5 Å². The standard InChI is InChI=1S/C12H9F4N3O3/c1-20-10-5(11(21-2)19-12(18-10)22-3)4-6(13)8(15)17-9(16)7(4)14/h1-3H3. The summed E-state index contributed by atoms with van der Waals surface area (Å²) in [6, 6.07) is -0.228. The van der Waals surface area contributed by atoms with Crippen molar-refractivity contribution < 1.29 is 31.8 Å². The molecule has 0 spiro atoms. The number of ether oxygens (including phenoxy) is 3. The molecule has 0 aromatic carbocycles. The molecule has 0 atom stereocenters. The topological polar surface area (TPSA) is 66.4 Å². The predicted molar refractivity (Wildman–Crippen MR) is 64.8 cm³/mol. The van der Waals surface area contributed by atoms with Gasteiger partial charge in [0.1, 0.15) is 5.56 Å². The van der Waals surface area contributed by atoms with E-state index in [1.807, 2.05) is 0 Å². The average Bonchev–Trinajstić information content (AvgIpc) is 2.52. The van der Waals surface area contributed by atoms with Crippen molar-refractivity contribution in [1.29, 1.82) is 0 Å². The maximum atomic E-state index is 13.9. The molecule has 0 unspecified atom stereocenters. The Bertz CT molecular complexity index is 676. The zero-order chi connectivity index (χ0) is 16.4. The highest BCUT2D eigenvalue weighted by Crippen LogP contribution is 2.40. The molecule has 0 radical (unpaired) electrons. The van der Waals surface area contributed by atoms with Crippen LogP contribution in [0.4, 0.5) is 17.6 Å². The van der Waals surface area contributed by atoms with Crippen molar-refractivity contribution >= 4 is 0 Å². The van der Waals surface area contributed by atoms with Gasteiger partial charge in [0.05, 0.1) is 26.9 Å². The number of hydrogen-bond donors (Lipinski definition) is 0. The lowest BCUT2D eigenvalue weighted by Crippen LogP contribution is -2.07. The molecule has 0 aliphatic carbocycles. The maximum Gasteiger partial charge on any atom is 0.322 e. The first kappa shape index (κ1) is 15.7. The Hall–Kier alpha value is -2.65. The summed E-state index contributed by atoms with van der Waals surface area (Å²) in [7, 11) is 3.50. The molecule has 2 aromatic heterocycles. The second-order valence-electron chi connectivity index (χ2n) is 3.80. The third-order valence-corrected chi connectivity index (χ3v) is 2.64. The Morgan fingerprint density at radius 3 is 1.45 bits per heavy atom. The predicted octanol–water partition coefficient (Wildman–Crippen LogP) is 2.12. The molecule has 0 saturated carbocycles. The van der Waals surface area contributed by atoms with Crippen LogP contribution in [-0.4, -0.2) is 36.3 Å². The van der Waals surface area contributed by atoms with Gasteiger partial charge in [-0.05, 0) is 0 Å². The van der Waals surface area contributed by atoms with E-state index in [0.29, 0.717) is 0 Å². The van der Waals surface area contributed by atoms with E-state index in [9.17, 15) is 17.6 Å². The summed E-state index contributed by atoms with van der Waals surface area (Å²) >= 11 is 0. The molecule has 22 heavy (non-hydrogen) atoms. The van der Waals surface area contributed by atoms with Crippen LogP contribution in [0.15, 0.2) is 0 Å². The van der Waals surface area contributed by atoms with Crippen LogP contribution in [0.1, 0.15) is 0 Å². The number of pyridine rings is 1. The van der Waals surface area contributed by atoms with E-state index in [1.165, 1.54) is 7.11 Å². The van der Waals surface area contributed by atoms with E-state index in [0.717, 1.165) is 14.2 Å². The lowest BCUT2D eigenvalue weighted by Gasteiger charge is -2.14. The Kier molecular flexibility index (Phi) is 4.29. The lowest BCUT2D eigenvalue weighted by atomic mass is 10.1. The molecule has 0 amide bonds. The van der Waals surface area contributed by atoms with Crippen molar-refractivity contribution in [3.8, 4) is 28.9 Å². The summed E-state index contributed by atoms with van der Waals surface area (Å²) in [5.74, 6) is -7.91. The molecule has 0 N–H and O–H groups in total. The van der Waals surface area contributed by atoms with Crippen LogP contribution >= 0.6 is 0 Å². The molecule has 2 rings (SSSR count). The summed E-state index contributed by atoms with van der Waals surface area (Å²) in [5, 5.41) is 0. The summed E-state index contributed by atoms with van der Waals surface area (Å²) in [6.07, 6.45) is 0. The molecular weight excluding hydrogens is 310 g/mol.